The SMILES string of the molecule is O=C(O)[C@@H]1NC1CCc1ccccc1. The molecule has 1 fully saturated rings. The zero-order valence-electron chi connectivity index (χ0n) is 7.81. The van der Waals surface area contributed by atoms with E-state index in [0.717, 1.165) is 12.8 Å². The van der Waals surface area contributed by atoms with Crippen molar-refractivity contribution in [3.05, 3.63) is 35.9 Å². The van der Waals surface area contributed by atoms with Crippen molar-refractivity contribution in [2.45, 2.75) is 24.9 Å². The van der Waals surface area contributed by atoms with Gasteiger partial charge in [0.05, 0.1) is 0 Å². The molecule has 2 rings (SSSR count). The maximum absolute atomic E-state index is 10.5. The van der Waals surface area contributed by atoms with Crippen molar-refractivity contribution in [1.82, 2.24) is 5.32 Å². The first-order valence-electron chi connectivity index (χ1n) is 4.80. The van der Waals surface area contributed by atoms with Crippen LogP contribution in [0.3, 0.4) is 0 Å². The van der Waals surface area contributed by atoms with E-state index in [1.54, 1.807) is 0 Å². The summed E-state index contributed by atoms with van der Waals surface area (Å²) < 4.78 is 0. The highest BCUT2D eigenvalue weighted by Gasteiger charge is 2.41. The van der Waals surface area contributed by atoms with Crippen molar-refractivity contribution < 1.29 is 9.90 Å². The second kappa shape index (κ2) is 3.80. The highest BCUT2D eigenvalue weighted by Crippen LogP contribution is 2.17. The lowest BCUT2D eigenvalue weighted by Gasteiger charge is -1.97. The summed E-state index contributed by atoms with van der Waals surface area (Å²) in [6, 6.07) is 10.00. The fourth-order valence-electron chi connectivity index (χ4n) is 1.64. The van der Waals surface area contributed by atoms with E-state index in [4.69, 9.17) is 5.11 Å². The van der Waals surface area contributed by atoms with Crippen molar-refractivity contribution in [2.75, 3.05) is 0 Å². The Bertz CT molecular complexity index is 323. The van der Waals surface area contributed by atoms with E-state index in [0.29, 0.717) is 0 Å². The molecule has 0 aromatic heterocycles. The topological polar surface area (TPSA) is 59.2 Å². The van der Waals surface area contributed by atoms with Crippen molar-refractivity contribution >= 4 is 5.97 Å². The maximum Gasteiger partial charge on any atom is 0.322 e. The Hall–Kier alpha value is -1.35. The largest absolute Gasteiger partial charge is 0.480 e. The summed E-state index contributed by atoms with van der Waals surface area (Å²) in [6.07, 6.45) is 1.85. The predicted molar refractivity (Wildman–Crippen MR) is 53.1 cm³/mol. The number of carbonyl (C=O) groups is 1. The fourth-order valence-corrected chi connectivity index (χ4v) is 1.64. The Kier molecular flexibility index (Phi) is 2.50. The van der Waals surface area contributed by atoms with E-state index in [1.807, 2.05) is 18.2 Å². The minimum absolute atomic E-state index is 0.174. The third kappa shape index (κ3) is 2.12. The molecule has 1 unspecified atom stereocenters. The molecule has 0 radical (unpaired) electrons. The van der Waals surface area contributed by atoms with E-state index >= 15 is 0 Å². The van der Waals surface area contributed by atoms with E-state index < -0.39 is 5.97 Å². The van der Waals surface area contributed by atoms with Gasteiger partial charge in [-0.1, -0.05) is 30.3 Å². The second-order valence-electron chi connectivity index (χ2n) is 3.61. The van der Waals surface area contributed by atoms with Gasteiger partial charge in [0.15, 0.2) is 0 Å². The van der Waals surface area contributed by atoms with Crippen LogP contribution in [0.5, 0.6) is 0 Å². The normalized spacial score (nSPS) is 24.6. The second-order valence-corrected chi connectivity index (χ2v) is 3.61. The van der Waals surface area contributed by atoms with Crippen LogP contribution in [0.4, 0.5) is 0 Å². The molecule has 1 aromatic carbocycles. The van der Waals surface area contributed by atoms with Crippen molar-refractivity contribution in [3.8, 4) is 0 Å². The first-order chi connectivity index (χ1) is 6.77. The minimum atomic E-state index is -0.733. The van der Waals surface area contributed by atoms with Crippen LogP contribution in [0.2, 0.25) is 0 Å². The van der Waals surface area contributed by atoms with Gasteiger partial charge in [-0.25, -0.2) is 0 Å². The summed E-state index contributed by atoms with van der Waals surface area (Å²) >= 11 is 0. The lowest BCUT2D eigenvalue weighted by Crippen LogP contribution is -2.09. The van der Waals surface area contributed by atoms with Gasteiger partial charge >= 0.3 is 5.97 Å². The van der Waals surface area contributed by atoms with Gasteiger partial charge in [-0.3, -0.25) is 10.1 Å². The lowest BCUT2D eigenvalue weighted by atomic mass is 10.1. The first-order valence-corrected chi connectivity index (χ1v) is 4.80. The quantitative estimate of drug-likeness (QED) is 0.699. The van der Waals surface area contributed by atoms with Crippen molar-refractivity contribution in [3.63, 3.8) is 0 Å². The average molecular weight is 191 g/mol. The Morgan fingerprint density at radius 3 is 2.64 bits per heavy atom. The van der Waals surface area contributed by atoms with E-state index in [-0.39, 0.29) is 12.1 Å². The molecule has 14 heavy (non-hydrogen) atoms. The molecule has 1 aromatic rings. The maximum atomic E-state index is 10.5. The summed E-state index contributed by atoms with van der Waals surface area (Å²) in [5, 5.41) is 11.6. The van der Waals surface area contributed by atoms with E-state index in [1.165, 1.54) is 5.56 Å². The van der Waals surface area contributed by atoms with Crippen LogP contribution in [0.25, 0.3) is 0 Å². The van der Waals surface area contributed by atoms with Gasteiger partial charge in [0.2, 0.25) is 0 Å². The van der Waals surface area contributed by atoms with Gasteiger partial charge < -0.3 is 5.11 Å². The summed E-state index contributed by atoms with van der Waals surface area (Å²) in [5.41, 5.74) is 1.27. The molecular formula is C11H13NO2. The molecule has 1 saturated heterocycles. The number of aryl methyl sites for hydroxylation is 1. The zero-order chi connectivity index (χ0) is 9.97. The molecule has 0 saturated carbocycles. The molecule has 74 valence electrons. The van der Waals surface area contributed by atoms with Crippen LogP contribution in [-0.4, -0.2) is 23.2 Å². The van der Waals surface area contributed by atoms with Gasteiger partial charge in [-0.05, 0) is 18.4 Å². The molecule has 0 aliphatic carbocycles. The van der Waals surface area contributed by atoms with Gasteiger partial charge in [-0.2, -0.15) is 0 Å². The Balaban J connectivity index is 1.77. The smallest absolute Gasteiger partial charge is 0.322 e. The molecule has 0 spiro atoms. The molecule has 1 aliphatic heterocycles. The van der Waals surface area contributed by atoms with Gasteiger partial charge in [-0.15, -0.1) is 0 Å². The number of rotatable bonds is 4. The Morgan fingerprint density at radius 2 is 2.07 bits per heavy atom. The monoisotopic (exact) mass is 191 g/mol. The van der Waals surface area contributed by atoms with Crippen LogP contribution in [-0.2, 0) is 11.2 Å². The highest BCUT2D eigenvalue weighted by atomic mass is 16.4. The molecule has 1 heterocycles. The standard InChI is InChI=1S/C11H13NO2/c13-11(14)10-9(12-10)7-6-8-4-2-1-3-5-8/h1-5,9-10,12H,6-7H2,(H,13,14)/t9?,10-/m1/s1. The highest BCUT2D eigenvalue weighted by molar-refractivity contribution is 5.78. The van der Waals surface area contributed by atoms with Gasteiger partial charge in [0.25, 0.3) is 0 Å². The molecule has 2 N–H and O–H groups in total. The molecule has 0 bridgehead atoms. The third-order valence-corrected chi connectivity index (χ3v) is 2.54. The van der Waals surface area contributed by atoms with E-state index in [2.05, 4.69) is 17.4 Å². The van der Waals surface area contributed by atoms with Crippen molar-refractivity contribution in [1.29, 1.82) is 0 Å². The van der Waals surface area contributed by atoms with Gasteiger partial charge in [0, 0.05) is 6.04 Å². The third-order valence-electron chi connectivity index (χ3n) is 2.54. The van der Waals surface area contributed by atoms with E-state index in [9.17, 15) is 4.79 Å². The number of hydrogen-bond donors (Lipinski definition) is 2. The summed E-state index contributed by atoms with van der Waals surface area (Å²) in [6.45, 7) is 0. The zero-order valence-corrected chi connectivity index (χ0v) is 7.81. The fraction of sp³-hybridized carbons (Fsp3) is 0.364. The Morgan fingerprint density at radius 1 is 1.36 bits per heavy atom. The minimum Gasteiger partial charge on any atom is -0.480 e. The van der Waals surface area contributed by atoms with Crippen molar-refractivity contribution in [2.24, 2.45) is 0 Å². The number of hydrogen-bond acceptors (Lipinski definition) is 2. The van der Waals surface area contributed by atoms with Crippen LogP contribution >= 0.6 is 0 Å². The molecule has 0 amide bonds. The van der Waals surface area contributed by atoms with Crippen LogP contribution in [0.1, 0.15) is 12.0 Å². The Labute approximate surface area is 82.8 Å². The first kappa shape index (κ1) is 9.21. The summed E-state index contributed by atoms with van der Waals surface area (Å²) in [7, 11) is 0. The van der Waals surface area contributed by atoms with Crippen LogP contribution in [0.15, 0.2) is 30.3 Å². The molecule has 3 heteroatoms. The molecule has 1 aliphatic rings. The summed E-state index contributed by atoms with van der Waals surface area (Å²) in [5.74, 6) is -0.733. The average Bonchev–Trinajstić information content (AvgIpc) is 2.96. The number of aliphatic carboxylic acids is 1. The molecule has 3 nitrogen and oxygen atoms in total. The predicted octanol–water partition coefficient (Wildman–Crippen LogP) is 1.04. The number of benzene rings is 1. The van der Waals surface area contributed by atoms with Gasteiger partial charge in [0.1, 0.15) is 6.04 Å². The lowest BCUT2D eigenvalue weighted by molar-refractivity contribution is -0.136. The number of carboxylic acids is 1. The van der Waals surface area contributed by atoms with Crippen LogP contribution in [0, 0.1) is 0 Å². The number of carboxylic acid groups (broad SMARTS) is 1. The summed E-state index contributed by atoms with van der Waals surface area (Å²) in [4.78, 5) is 10.5. The molecule has 2 atom stereocenters. The molecular weight excluding hydrogens is 178 g/mol. The number of nitrogens with one attached hydrogen (secondary N) is 1. The van der Waals surface area contributed by atoms with Crippen LogP contribution < -0.4 is 5.32 Å².